The van der Waals surface area contributed by atoms with Crippen molar-refractivity contribution in [3.63, 3.8) is 0 Å². The molecule has 4 nitrogen and oxygen atoms in total. The number of allylic oxidation sites excluding steroid dienone is 2. The van der Waals surface area contributed by atoms with Crippen LogP contribution in [0.5, 0.6) is 0 Å². The average molecular weight is 323 g/mol. The molecule has 0 amide bonds. The van der Waals surface area contributed by atoms with Gasteiger partial charge in [-0.15, -0.1) is 0 Å². The lowest BCUT2D eigenvalue weighted by Gasteiger charge is -2.23. The highest BCUT2D eigenvalue weighted by Gasteiger charge is 2.19. The van der Waals surface area contributed by atoms with Gasteiger partial charge in [-0.3, -0.25) is 4.55 Å². The molecule has 0 aromatic heterocycles. The van der Waals surface area contributed by atoms with E-state index in [1.807, 2.05) is 6.92 Å². The molecule has 0 aliphatic heterocycles. The van der Waals surface area contributed by atoms with Gasteiger partial charge in [0.05, 0.1) is 4.90 Å². The molecule has 1 aromatic carbocycles. The monoisotopic (exact) mass is 323 g/mol. The Labute approximate surface area is 133 Å². The number of aryl methyl sites for hydroxylation is 1. The lowest BCUT2D eigenvalue weighted by molar-refractivity contribution is 0.375. The first kappa shape index (κ1) is 17.2. The highest BCUT2D eigenvalue weighted by atomic mass is 32.2. The van der Waals surface area contributed by atoms with Crippen molar-refractivity contribution in [3.05, 3.63) is 41.5 Å². The summed E-state index contributed by atoms with van der Waals surface area (Å²) in [4.78, 5) is -0.0666. The molecule has 22 heavy (non-hydrogen) atoms. The fraction of sp³-hybridized carbons (Fsp3) is 0.529. The van der Waals surface area contributed by atoms with Gasteiger partial charge in [-0.1, -0.05) is 29.3 Å². The van der Waals surface area contributed by atoms with Gasteiger partial charge in [-0.05, 0) is 63.5 Å². The molecule has 2 saturated carbocycles. The van der Waals surface area contributed by atoms with Crippen LogP contribution >= 0.6 is 0 Å². The molecule has 5 heteroatoms. The fourth-order valence-electron chi connectivity index (χ4n) is 2.59. The molecule has 0 unspecified atom stereocenters. The van der Waals surface area contributed by atoms with E-state index in [2.05, 4.69) is 6.08 Å². The molecular weight excluding hydrogens is 298 g/mol. The minimum atomic E-state index is -4.02. The molecular formula is C17H25NO3S. The maximum Gasteiger partial charge on any atom is 0.294 e. The van der Waals surface area contributed by atoms with Crippen LogP contribution in [0.3, 0.4) is 0 Å². The van der Waals surface area contributed by atoms with Gasteiger partial charge in [0.25, 0.3) is 10.1 Å². The van der Waals surface area contributed by atoms with Gasteiger partial charge in [0.15, 0.2) is 0 Å². The van der Waals surface area contributed by atoms with E-state index in [-0.39, 0.29) is 4.90 Å². The lowest BCUT2D eigenvalue weighted by atomic mass is 9.86. The first-order valence-electron chi connectivity index (χ1n) is 7.84. The van der Waals surface area contributed by atoms with Crippen LogP contribution in [-0.2, 0) is 10.1 Å². The van der Waals surface area contributed by atoms with E-state index < -0.39 is 10.1 Å². The molecule has 122 valence electrons. The van der Waals surface area contributed by atoms with Crippen molar-refractivity contribution in [1.29, 1.82) is 0 Å². The third kappa shape index (κ3) is 5.91. The summed E-state index contributed by atoms with van der Waals surface area (Å²) in [5.41, 5.74) is 8.48. The number of hydrogen-bond donors (Lipinski definition) is 2. The van der Waals surface area contributed by atoms with Crippen LogP contribution in [0, 0.1) is 12.8 Å². The van der Waals surface area contributed by atoms with Gasteiger partial charge in [0.1, 0.15) is 0 Å². The van der Waals surface area contributed by atoms with Crippen LogP contribution in [0.15, 0.2) is 40.8 Å². The first-order valence-corrected chi connectivity index (χ1v) is 9.28. The summed E-state index contributed by atoms with van der Waals surface area (Å²) in [5.74, 6) is 0.882. The predicted molar refractivity (Wildman–Crippen MR) is 88.2 cm³/mol. The van der Waals surface area contributed by atoms with Crippen molar-refractivity contribution in [2.45, 2.75) is 56.4 Å². The standard InChI is InChI=1S/C10H17N.C7H8O3S/c11-10-5-3-9(4-6-10)7-8-1-2-8;1-6-2-4-7(5-3-6)11(8,9)10/h7,9-10H,1-6,11H2;2-5H,1H3,(H,8,9,10). The zero-order valence-corrected chi connectivity index (χ0v) is 13.8. The number of benzene rings is 1. The minimum Gasteiger partial charge on any atom is -0.328 e. The number of rotatable bonds is 2. The molecule has 0 radical (unpaired) electrons. The molecule has 1 aromatic rings. The molecule has 0 saturated heterocycles. The summed E-state index contributed by atoms with van der Waals surface area (Å²) in [6.07, 6.45) is 10.4. The molecule has 2 fully saturated rings. The van der Waals surface area contributed by atoms with E-state index >= 15 is 0 Å². The molecule has 0 bridgehead atoms. The topological polar surface area (TPSA) is 80.4 Å². The highest BCUT2D eigenvalue weighted by Crippen LogP contribution is 2.33. The average Bonchev–Trinajstić information content (AvgIpc) is 3.26. The Morgan fingerprint density at radius 1 is 1.09 bits per heavy atom. The van der Waals surface area contributed by atoms with Crippen LogP contribution in [0.25, 0.3) is 0 Å². The van der Waals surface area contributed by atoms with Gasteiger partial charge in [0.2, 0.25) is 0 Å². The minimum absolute atomic E-state index is 0.0666. The predicted octanol–water partition coefficient (Wildman–Crippen LogP) is 3.47. The number of nitrogens with two attached hydrogens (primary N) is 1. The largest absolute Gasteiger partial charge is 0.328 e. The zero-order chi connectivity index (χ0) is 16.2. The second-order valence-electron chi connectivity index (χ2n) is 6.29. The van der Waals surface area contributed by atoms with E-state index in [0.29, 0.717) is 6.04 Å². The van der Waals surface area contributed by atoms with Crippen molar-refractivity contribution < 1.29 is 13.0 Å². The van der Waals surface area contributed by atoms with Crippen molar-refractivity contribution in [1.82, 2.24) is 0 Å². The van der Waals surface area contributed by atoms with Crippen LogP contribution in [0.4, 0.5) is 0 Å². The summed E-state index contributed by atoms with van der Waals surface area (Å²) in [6.45, 7) is 1.84. The summed E-state index contributed by atoms with van der Waals surface area (Å²) < 4.78 is 29.6. The van der Waals surface area contributed by atoms with Crippen molar-refractivity contribution in [3.8, 4) is 0 Å². The Morgan fingerprint density at radius 2 is 1.64 bits per heavy atom. The molecule has 2 aliphatic carbocycles. The van der Waals surface area contributed by atoms with Gasteiger partial charge in [-0.2, -0.15) is 8.42 Å². The molecule has 0 atom stereocenters. The summed E-state index contributed by atoms with van der Waals surface area (Å²) in [7, 11) is -4.02. The zero-order valence-electron chi connectivity index (χ0n) is 13.0. The first-order chi connectivity index (χ1) is 10.3. The van der Waals surface area contributed by atoms with Crippen molar-refractivity contribution in [2.24, 2.45) is 11.7 Å². The maximum absolute atomic E-state index is 10.5. The van der Waals surface area contributed by atoms with E-state index in [1.165, 1.54) is 50.7 Å². The normalized spacial score (nSPS) is 24.2. The second kappa shape index (κ2) is 7.40. The van der Waals surface area contributed by atoms with E-state index in [9.17, 15) is 8.42 Å². The number of hydrogen-bond acceptors (Lipinski definition) is 3. The Morgan fingerprint density at radius 3 is 2.09 bits per heavy atom. The third-order valence-electron chi connectivity index (χ3n) is 4.15. The van der Waals surface area contributed by atoms with Crippen molar-refractivity contribution >= 4 is 10.1 Å². The van der Waals surface area contributed by atoms with E-state index in [1.54, 1.807) is 17.7 Å². The summed E-state index contributed by atoms with van der Waals surface area (Å²) in [6, 6.07) is 6.49. The highest BCUT2D eigenvalue weighted by molar-refractivity contribution is 7.85. The Balaban J connectivity index is 0.000000160. The summed E-state index contributed by atoms with van der Waals surface area (Å²) in [5, 5.41) is 0. The summed E-state index contributed by atoms with van der Waals surface area (Å²) >= 11 is 0. The van der Waals surface area contributed by atoms with Crippen LogP contribution in [-0.4, -0.2) is 19.0 Å². The Hall–Kier alpha value is -1.17. The van der Waals surface area contributed by atoms with Crippen LogP contribution < -0.4 is 5.73 Å². The van der Waals surface area contributed by atoms with Gasteiger partial charge < -0.3 is 5.73 Å². The lowest BCUT2D eigenvalue weighted by Crippen LogP contribution is -2.25. The molecule has 3 rings (SSSR count). The van der Waals surface area contributed by atoms with E-state index in [0.717, 1.165) is 11.5 Å². The molecule has 0 spiro atoms. The van der Waals surface area contributed by atoms with Crippen LogP contribution in [0.1, 0.15) is 44.1 Å². The van der Waals surface area contributed by atoms with Crippen molar-refractivity contribution in [2.75, 3.05) is 0 Å². The van der Waals surface area contributed by atoms with Gasteiger partial charge >= 0.3 is 0 Å². The maximum atomic E-state index is 10.5. The Kier molecular flexibility index (Phi) is 5.78. The van der Waals surface area contributed by atoms with Gasteiger partial charge in [-0.25, -0.2) is 0 Å². The Bertz CT molecular complexity index is 606. The molecule has 3 N–H and O–H groups in total. The van der Waals surface area contributed by atoms with Gasteiger partial charge in [0, 0.05) is 6.04 Å². The second-order valence-corrected chi connectivity index (χ2v) is 7.71. The molecule has 0 heterocycles. The smallest absolute Gasteiger partial charge is 0.294 e. The quantitative estimate of drug-likeness (QED) is 0.645. The SMILES string of the molecule is Cc1ccc(S(=O)(=O)O)cc1.NC1CCC(C=C2CC2)CC1. The van der Waals surface area contributed by atoms with Crippen LogP contribution in [0.2, 0.25) is 0 Å². The third-order valence-corrected chi connectivity index (χ3v) is 5.01. The van der Waals surface area contributed by atoms with E-state index in [4.69, 9.17) is 10.3 Å². The fourth-order valence-corrected chi connectivity index (χ4v) is 3.07. The molecule has 2 aliphatic rings.